The van der Waals surface area contributed by atoms with Gasteiger partial charge in [0.05, 0.1) is 18.1 Å². The van der Waals surface area contributed by atoms with E-state index >= 15 is 0 Å². The topological polar surface area (TPSA) is 41.6 Å². The number of carbonyl (C=O) groups is 1. The lowest BCUT2D eigenvalue weighted by molar-refractivity contribution is -0.129. The molecule has 0 aliphatic carbocycles. The van der Waals surface area contributed by atoms with Gasteiger partial charge in [0, 0.05) is 7.05 Å². The first-order valence-electron chi connectivity index (χ1n) is 5.41. The number of ether oxygens (including phenoxy) is 1. The monoisotopic (exact) mass is 256 g/mol. The highest BCUT2D eigenvalue weighted by Crippen LogP contribution is 2.22. The fourth-order valence-electron chi connectivity index (χ4n) is 1.27. The third-order valence-corrected chi connectivity index (χ3v) is 2.59. The molecule has 1 N–H and O–H groups in total. The summed E-state index contributed by atoms with van der Waals surface area (Å²) in [5, 5.41) is 3.39. The normalized spacial score (nSPS) is 10.1. The number of rotatable bonds is 6. The first-order valence-corrected chi connectivity index (χ1v) is 5.79. The summed E-state index contributed by atoms with van der Waals surface area (Å²) in [5.41, 5.74) is 0. The quantitative estimate of drug-likeness (QED) is 0.837. The molecule has 94 valence electrons. The molecular weight excluding hydrogens is 240 g/mol. The molecule has 4 nitrogen and oxygen atoms in total. The van der Waals surface area contributed by atoms with Crippen LogP contribution in [-0.2, 0) is 4.79 Å². The molecule has 0 spiro atoms. The van der Waals surface area contributed by atoms with Crippen molar-refractivity contribution in [1.29, 1.82) is 0 Å². The van der Waals surface area contributed by atoms with Gasteiger partial charge in [-0.15, -0.1) is 0 Å². The molecule has 0 aliphatic heterocycles. The van der Waals surface area contributed by atoms with Crippen LogP contribution in [0.4, 0.5) is 0 Å². The van der Waals surface area contributed by atoms with Crippen molar-refractivity contribution in [3.05, 3.63) is 29.3 Å². The second kappa shape index (κ2) is 7.14. The Morgan fingerprint density at radius 3 is 2.82 bits per heavy atom. The molecule has 1 rings (SSSR count). The van der Waals surface area contributed by atoms with Gasteiger partial charge in [0.25, 0.3) is 0 Å². The zero-order valence-corrected chi connectivity index (χ0v) is 10.8. The van der Waals surface area contributed by atoms with Crippen LogP contribution in [0.2, 0.25) is 5.02 Å². The second-order valence-corrected chi connectivity index (χ2v) is 4.03. The second-order valence-electron chi connectivity index (χ2n) is 3.62. The summed E-state index contributed by atoms with van der Waals surface area (Å²) < 4.78 is 5.49. The average Bonchev–Trinajstić information content (AvgIpc) is 2.31. The van der Waals surface area contributed by atoms with Gasteiger partial charge < -0.3 is 15.0 Å². The van der Waals surface area contributed by atoms with Crippen molar-refractivity contribution in [2.75, 3.05) is 33.8 Å². The van der Waals surface area contributed by atoms with Crippen LogP contribution in [0, 0.1) is 0 Å². The molecule has 0 saturated carbocycles. The third-order valence-electron chi connectivity index (χ3n) is 2.27. The number of nitrogens with zero attached hydrogens (tertiary/aromatic N) is 1. The van der Waals surface area contributed by atoms with E-state index in [9.17, 15) is 4.79 Å². The van der Waals surface area contributed by atoms with Crippen LogP contribution in [0.15, 0.2) is 24.3 Å². The van der Waals surface area contributed by atoms with Crippen LogP contribution in [0.3, 0.4) is 0 Å². The van der Waals surface area contributed by atoms with Gasteiger partial charge in [-0.2, -0.15) is 0 Å². The predicted molar refractivity (Wildman–Crippen MR) is 68.5 cm³/mol. The minimum atomic E-state index is 0.0373. The molecule has 0 aromatic heterocycles. The van der Waals surface area contributed by atoms with Crippen LogP contribution in [-0.4, -0.2) is 44.6 Å². The third kappa shape index (κ3) is 4.63. The maximum Gasteiger partial charge on any atom is 0.236 e. The standard InChI is InChI=1S/C12H17ClN2O2/c1-14-9-12(16)15(2)7-8-17-11-6-4-3-5-10(11)13/h3-6,14H,7-9H2,1-2H3. The Morgan fingerprint density at radius 1 is 1.47 bits per heavy atom. The Morgan fingerprint density at radius 2 is 2.18 bits per heavy atom. The van der Waals surface area contributed by atoms with Crippen molar-refractivity contribution in [3.63, 3.8) is 0 Å². The van der Waals surface area contributed by atoms with Gasteiger partial charge in [-0.05, 0) is 19.2 Å². The van der Waals surface area contributed by atoms with Gasteiger partial charge in [-0.25, -0.2) is 0 Å². The average molecular weight is 257 g/mol. The van der Waals surface area contributed by atoms with Gasteiger partial charge in [0.1, 0.15) is 12.4 Å². The molecule has 0 saturated heterocycles. The highest BCUT2D eigenvalue weighted by atomic mass is 35.5. The molecule has 1 aromatic rings. The summed E-state index contributed by atoms with van der Waals surface area (Å²) in [6, 6.07) is 7.28. The van der Waals surface area contributed by atoms with Crippen LogP contribution in [0.25, 0.3) is 0 Å². The van der Waals surface area contributed by atoms with E-state index in [1.54, 1.807) is 31.1 Å². The van der Waals surface area contributed by atoms with Crippen molar-refractivity contribution in [1.82, 2.24) is 10.2 Å². The number of likely N-dealkylation sites (N-methyl/N-ethyl adjacent to an activating group) is 2. The minimum absolute atomic E-state index is 0.0373. The number of hydrogen-bond donors (Lipinski definition) is 1. The first kappa shape index (κ1) is 13.8. The van der Waals surface area contributed by atoms with E-state index in [0.717, 1.165) is 0 Å². The molecule has 0 aliphatic rings. The molecule has 0 radical (unpaired) electrons. The molecular formula is C12H17ClN2O2. The van der Waals surface area contributed by atoms with E-state index in [2.05, 4.69) is 5.32 Å². The van der Waals surface area contributed by atoms with Crippen molar-refractivity contribution in [2.24, 2.45) is 0 Å². The Hall–Kier alpha value is -1.26. The van der Waals surface area contributed by atoms with Gasteiger partial charge >= 0.3 is 0 Å². The molecule has 0 heterocycles. The number of hydrogen-bond acceptors (Lipinski definition) is 3. The zero-order valence-electron chi connectivity index (χ0n) is 10.1. The van der Waals surface area contributed by atoms with Gasteiger partial charge in [0.15, 0.2) is 0 Å². The van der Waals surface area contributed by atoms with Crippen LogP contribution in [0.5, 0.6) is 5.75 Å². The van der Waals surface area contributed by atoms with Crippen molar-refractivity contribution in [2.45, 2.75) is 0 Å². The Bertz CT molecular complexity index is 371. The predicted octanol–water partition coefficient (Wildman–Crippen LogP) is 1.40. The number of para-hydroxylation sites is 1. The summed E-state index contributed by atoms with van der Waals surface area (Å²) >= 11 is 5.94. The highest BCUT2D eigenvalue weighted by Gasteiger charge is 2.07. The van der Waals surface area contributed by atoms with Crippen LogP contribution in [0.1, 0.15) is 0 Å². The van der Waals surface area contributed by atoms with Crippen molar-refractivity contribution < 1.29 is 9.53 Å². The lowest BCUT2D eigenvalue weighted by Gasteiger charge is -2.17. The Kier molecular flexibility index (Phi) is 5.80. The van der Waals surface area contributed by atoms with Gasteiger partial charge in [0.2, 0.25) is 5.91 Å². The number of nitrogens with one attached hydrogen (secondary N) is 1. The number of halogens is 1. The summed E-state index contributed by atoms with van der Waals surface area (Å²) in [4.78, 5) is 13.1. The molecule has 1 amide bonds. The minimum Gasteiger partial charge on any atom is -0.490 e. The molecule has 0 fully saturated rings. The first-order chi connectivity index (χ1) is 8.15. The highest BCUT2D eigenvalue weighted by molar-refractivity contribution is 6.32. The van der Waals surface area contributed by atoms with E-state index in [1.165, 1.54) is 0 Å². The van der Waals surface area contributed by atoms with Gasteiger partial charge in [-0.1, -0.05) is 23.7 Å². The maximum absolute atomic E-state index is 11.4. The summed E-state index contributed by atoms with van der Waals surface area (Å²) in [6.07, 6.45) is 0. The van der Waals surface area contributed by atoms with Crippen LogP contribution >= 0.6 is 11.6 Å². The Labute approximate surface area is 107 Å². The molecule has 1 aromatic carbocycles. The number of benzene rings is 1. The zero-order chi connectivity index (χ0) is 12.7. The molecule has 0 bridgehead atoms. The van der Waals surface area contributed by atoms with E-state index in [4.69, 9.17) is 16.3 Å². The summed E-state index contributed by atoms with van der Waals surface area (Å²) in [7, 11) is 3.49. The van der Waals surface area contributed by atoms with Gasteiger partial charge in [-0.3, -0.25) is 4.79 Å². The fourth-order valence-corrected chi connectivity index (χ4v) is 1.46. The lowest BCUT2D eigenvalue weighted by Crippen LogP contribution is -2.36. The lowest BCUT2D eigenvalue weighted by atomic mass is 10.3. The largest absolute Gasteiger partial charge is 0.490 e. The smallest absolute Gasteiger partial charge is 0.236 e. The number of amides is 1. The maximum atomic E-state index is 11.4. The summed E-state index contributed by atoms with van der Waals surface area (Å²) in [6.45, 7) is 1.30. The Balaban J connectivity index is 2.33. The van der Waals surface area contributed by atoms with Crippen molar-refractivity contribution in [3.8, 4) is 5.75 Å². The SMILES string of the molecule is CNCC(=O)N(C)CCOc1ccccc1Cl. The molecule has 0 atom stereocenters. The molecule has 0 unspecified atom stereocenters. The van der Waals surface area contributed by atoms with E-state index in [1.807, 2.05) is 12.1 Å². The molecule has 5 heteroatoms. The fraction of sp³-hybridized carbons (Fsp3) is 0.417. The van der Waals surface area contributed by atoms with Crippen molar-refractivity contribution >= 4 is 17.5 Å². The van der Waals surface area contributed by atoms with E-state index in [0.29, 0.717) is 30.5 Å². The van der Waals surface area contributed by atoms with E-state index < -0.39 is 0 Å². The number of carbonyl (C=O) groups excluding carboxylic acids is 1. The summed E-state index contributed by atoms with van der Waals surface area (Å²) in [5.74, 6) is 0.680. The van der Waals surface area contributed by atoms with Crippen LogP contribution < -0.4 is 10.1 Å². The van der Waals surface area contributed by atoms with E-state index in [-0.39, 0.29) is 5.91 Å². The molecule has 17 heavy (non-hydrogen) atoms.